The Balaban J connectivity index is 0.000000162. The van der Waals surface area contributed by atoms with Gasteiger partial charge in [-0.3, -0.25) is 14.7 Å². The van der Waals surface area contributed by atoms with Crippen LogP contribution in [-0.2, 0) is 23.9 Å². The summed E-state index contributed by atoms with van der Waals surface area (Å²) in [7, 11) is 0. The van der Waals surface area contributed by atoms with Gasteiger partial charge in [-0.25, -0.2) is 14.8 Å². The van der Waals surface area contributed by atoms with Crippen molar-refractivity contribution >= 4 is 29.8 Å². The maximum atomic E-state index is 12.0. The molecule has 2 atom stereocenters. The predicted molar refractivity (Wildman–Crippen MR) is 264 cm³/mol. The van der Waals surface area contributed by atoms with Gasteiger partial charge in [0.2, 0.25) is 0 Å². The van der Waals surface area contributed by atoms with Crippen molar-refractivity contribution in [1.82, 2.24) is 19.8 Å². The molecular weight excluding hydrogens is 882 g/mol. The van der Waals surface area contributed by atoms with E-state index in [0.29, 0.717) is 42.7 Å². The van der Waals surface area contributed by atoms with E-state index < -0.39 is 0 Å². The monoisotopic (exact) mass is 937 g/mol. The van der Waals surface area contributed by atoms with E-state index in [-0.39, 0.29) is 36.1 Å². The summed E-state index contributed by atoms with van der Waals surface area (Å²) in [5.74, 6) is 2.54. The highest BCUT2D eigenvalue weighted by Crippen LogP contribution is 2.47. The smallest absolute Gasteiger partial charge is 0.319 e. The number of likely N-dealkylation sites (tertiary alicyclic amines) is 2. The average Bonchev–Trinajstić information content (AvgIpc) is 3.91. The van der Waals surface area contributed by atoms with Gasteiger partial charge in [0.15, 0.2) is 23.7 Å². The van der Waals surface area contributed by atoms with Crippen LogP contribution in [-0.4, -0.2) is 78.3 Å². The van der Waals surface area contributed by atoms with Crippen molar-refractivity contribution in [3.63, 3.8) is 0 Å². The van der Waals surface area contributed by atoms with E-state index in [9.17, 15) is 4.79 Å². The van der Waals surface area contributed by atoms with Crippen LogP contribution in [0.2, 0.25) is 0 Å². The number of fused-ring (bicyclic) bond motifs is 6. The fourth-order valence-electron chi connectivity index (χ4n) is 10.8. The Morgan fingerprint density at radius 3 is 1.63 bits per heavy atom. The molecule has 3 N–H and O–H groups in total. The molecule has 6 aliphatic rings. The zero-order chi connectivity index (χ0) is 45.8. The zero-order valence-corrected chi connectivity index (χ0v) is 38.7. The minimum absolute atomic E-state index is 0. The Labute approximate surface area is 402 Å². The van der Waals surface area contributed by atoms with Crippen LogP contribution in [0.5, 0.6) is 23.3 Å². The summed E-state index contributed by atoms with van der Waals surface area (Å²) >= 11 is 0. The summed E-state index contributed by atoms with van der Waals surface area (Å²) < 4.78 is 23.7. The van der Waals surface area contributed by atoms with Gasteiger partial charge in [-0.05, 0) is 122 Å². The number of nitrogens with two attached hydrogens (primary N) is 1. The highest BCUT2D eigenvalue weighted by molar-refractivity contribution is 5.94. The third kappa shape index (κ3) is 9.40. The number of hydrogen-bond donors (Lipinski definition) is 2. The molecule has 6 aliphatic heterocycles. The number of halogens is 1. The second kappa shape index (κ2) is 20.2. The molecule has 2 amide bonds. The first-order valence-corrected chi connectivity index (χ1v) is 23.2. The lowest BCUT2D eigenvalue weighted by atomic mass is 9.74. The molecule has 0 bridgehead atoms. The summed E-state index contributed by atoms with van der Waals surface area (Å²) in [6.45, 7) is 8.93. The minimum atomic E-state index is -0.363. The van der Waals surface area contributed by atoms with E-state index in [0.717, 1.165) is 81.2 Å². The number of nitrogens with one attached hydrogen (secondary N) is 1. The number of carbonyl (C=O) groups excluding carboxylic acids is 1. The maximum absolute atomic E-state index is 12.0. The number of aromatic nitrogens is 2. The number of carbonyl (C=O) groups is 1. The van der Waals surface area contributed by atoms with E-state index in [4.69, 9.17) is 34.6 Å². The molecule has 2 saturated heterocycles. The number of pyridine rings is 2. The molecule has 14 nitrogen and oxygen atoms in total. The number of urea groups is 1. The minimum Gasteiger partial charge on any atom is -0.484 e. The first kappa shape index (κ1) is 46.4. The lowest BCUT2D eigenvalue weighted by Crippen LogP contribution is -2.46. The normalized spacial score (nSPS) is 20.3. The number of benzene rings is 4. The van der Waals surface area contributed by atoms with Gasteiger partial charge in [0, 0.05) is 70.7 Å². The predicted octanol–water partition coefficient (Wildman–Crippen LogP) is 9.07. The number of rotatable bonds is 6. The molecule has 4 aromatic carbocycles. The summed E-state index contributed by atoms with van der Waals surface area (Å²) in [5.41, 5.74) is 15.9. The SMILES string of the molecule is Cl.NC(=O)N1CC2(CCN(Cc3ccc([C@H]4COc5cccnc5O4)cc3)CC2)c2ccccc21.O=O.c1ccc2c(c1)NCC21CCN(Cc2ccc([C@H]3COc4cccnc4O3)cc2)CC1. The van der Waals surface area contributed by atoms with Crippen LogP contribution in [0.1, 0.15) is 71.3 Å². The fourth-order valence-corrected chi connectivity index (χ4v) is 10.8. The zero-order valence-electron chi connectivity index (χ0n) is 37.8. The number of para-hydroxylation sites is 2. The molecule has 2 aromatic heterocycles. The van der Waals surface area contributed by atoms with Crippen molar-refractivity contribution < 1.29 is 23.7 Å². The van der Waals surface area contributed by atoms with Gasteiger partial charge >= 0.3 is 6.03 Å². The molecule has 68 heavy (non-hydrogen) atoms. The summed E-state index contributed by atoms with van der Waals surface area (Å²) in [4.78, 5) is 41.4. The number of nitrogens with zero attached hydrogens (tertiary/aromatic N) is 5. The largest absolute Gasteiger partial charge is 0.484 e. The summed E-state index contributed by atoms with van der Waals surface area (Å²) in [6, 6.07) is 41.6. The Hall–Kier alpha value is -6.74. The topological polar surface area (TPSA) is 162 Å². The van der Waals surface area contributed by atoms with Crippen molar-refractivity contribution in [2.45, 2.75) is 61.8 Å². The summed E-state index contributed by atoms with van der Waals surface area (Å²) in [6.07, 6.45) is 7.66. The van der Waals surface area contributed by atoms with Crippen LogP contribution in [0.4, 0.5) is 16.2 Å². The van der Waals surface area contributed by atoms with E-state index in [1.165, 1.54) is 40.8 Å². The number of piperidine rings is 2. The molecule has 0 radical (unpaired) electrons. The van der Waals surface area contributed by atoms with E-state index in [2.05, 4.69) is 110 Å². The first-order valence-electron chi connectivity index (χ1n) is 23.2. The molecule has 2 fully saturated rings. The third-order valence-electron chi connectivity index (χ3n) is 14.5. The van der Waals surface area contributed by atoms with Gasteiger partial charge in [-0.2, -0.15) is 0 Å². The number of primary amides is 1. The van der Waals surface area contributed by atoms with Gasteiger partial charge in [0.25, 0.3) is 11.8 Å². The molecular formula is C53H56ClN7O7. The Kier molecular flexibility index (Phi) is 13.8. The number of amides is 2. The molecule has 0 aliphatic carbocycles. The lowest BCUT2D eigenvalue weighted by molar-refractivity contribution is 0.0850. The van der Waals surface area contributed by atoms with Crippen LogP contribution >= 0.6 is 12.4 Å². The van der Waals surface area contributed by atoms with E-state index in [1.54, 1.807) is 17.3 Å². The lowest BCUT2D eigenvalue weighted by Gasteiger charge is -2.39. The van der Waals surface area contributed by atoms with Crippen molar-refractivity contribution in [3.05, 3.63) is 177 Å². The molecule has 2 spiro atoms. The standard InChI is InChI=1S/C27H28N4O3.C26H27N3O2.ClH.O2/c28-26(32)31-18-27(21-4-1-2-5-22(21)31)11-14-30(15-12-27)16-19-7-9-20(10-8-19)24-17-33-23-6-3-13-29-25(23)34-24;1-2-5-22-21(4-1)26(18-28-22)11-14-29(15-12-26)16-19-7-9-20(10-8-19)24-17-30-23-6-3-13-27-25(23)31-24;;1-2/h1-10,13,24H,11-12,14-18H2,(H2,28,32);1-10,13,24,28H,11-12,14-18H2;1H;/t2*24-;;/m11../s1. The van der Waals surface area contributed by atoms with Crippen LogP contribution < -0.4 is 34.9 Å². The number of hydrogen-bond acceptors (Lipinski definition) is 12. The Bertz CT molecular complexity index is 2680. The van der Waals surface area contributed by atoms with Crippen LogP contribution in [0.25, 0.3) is 0 Å². The molecule has 6 aromatic rings. The van der Waals surface area contributed by atoms with Gasteiger partial charge in [-0.15, -0.1) is 12.4 Å². The second-order valence-electron chi connectivity index (χ2n) is 18.4. The van der Waals surface area contributed by atoms with Crippen LogP contribution in [0.15, 0.2) is 134 Å². The van der Waals surface area contributed by atoms with Crippen molar-refractivity contribution in [1.29, 1.82) is 0 Å². The Morgan fingerprint density at radius 2 is 1.10 bits per heavy atom. The molecule has 352 valence electrons. The first-order chi connectivity index (χ1) is 32.9. The van der Waals surface area contributed by atoms with E-state index in [1.807, 2.05) is 36.4 Å². The third-order valence-corrected chi connectivity index (χ3v) is 14.5. The van der Waals surface area contributed by atoms with Crippen molar-refractivity contribution in [2.24, 2.45) is 5.73 Å². The Morgan fingerprint density at radius 1 is 0.618 bits per heavy atom. The highest BCUT2D eigenvalue weighted by atomic mass is 35.5. The van der Waals surface area contributed by atoms with Gasteiger partial charge in [0.05, 0.1) is 0 Å². The van der Waals surface area contributed by atoms with Crippen molar-refractivity contribution in [2.75, 3.05) is 62.7 Å². The highest BCUT2D eigenvalue weighted by Gasteiger charge is 2.46. The van der Waals surface area contributed by atoms with Gasteiger partial charge in [-0.1, -0.05) is 84.9 Å². The van der Waals surface area contributed by atoms with Crippen LogP contribution in [0, 0.1) is 9.93 Å². The van der Waals surface area contributed by atoms with Gasteiger partial charge < -0.3 is 30.0 Å². The number of ether oxygens (including phenoxy) is 4. The molecule has 12 rings (SSSR count). The van der Waals surface area contributed by atoms with Crippen LogP contribution in [0.3, 0.4) is 0 Å². The maximum Gasteiger partial charge on any atom is 0.319 e. The van der Waals surface area contributed by atoms with Crippen molar-refractivity contribution in [3.8, 4) is 23.3 Å². The number of anilines is 2. The molecule has 15 heteroatoms. The quantitative estimate of drug-likeness (QED) is 0.163. The summed E-state index contributed by atoms with van der Waals surface area (Å²) in [5, 5.41) is 3.62. The fraction of sp³-hybridized carbons (Fsp3) is 0.340. The average molecular weight is 939 g/mol. The second-order valence-corrected chi connectivity index (χ2v) is 18.4. The molecule has 0 unspecified atom stereocenters. The molecule has 0 saturated carbocycles. The van der Waals surface area contributed by atoms with E-state index >= 15 is 0 Å². The molecule has 8 heterocycles. The van der Waals surface area contributed by atoms with Gasteiger partial charge in [0.1, 0.15) is 13.2 Å².